The number of carboxylic acids is 1. The van der Waals surface area contributed by atoms with Crippen LogP contribution >= 0.6 is 0 Å². The number of benzene rings is 1. The van der Waals surface area contributed by atoms with Crippen LogP contribution < -0.4 is 4.72 Å². The molecule has 2 N–H and O–H groups in total. The normalized spacial score (nSPS) is 20.2. The standard InChI is InChI=1S/C11H12N2O4S/c1-2-8(11(14)15)12-10-7-5-3-4-6-9(7)18(16,17)13-10/h3-6,8H,2H2,1H3,(H,12,13)(H,14,15). The van der Waals surface area contributed by atoms with Crippen molar-refractivity contribution in [2.45, 2.75) is 24.3 Å². The Morgan fingerprint density at radius 3 is 2.72 bits per heavy atom. The van der Waals surface area contributed by atoms with Crippen molar-refractivity contribution in [2.24, 2.45) is 4.99 Å². The van der Waals surface area contributed by atoms with E-state index in [1.54, 1.807) is 25.1 Å². The number of nitrogens with zero attached hydrogens (tertiary/aromatic N) is 1. The van der Waals surface area contributed by atoms with Crippen LogP contribution in [0.4, 0.5) is 0 Å². The van der Waals surface area contributed by atoms with Crippen LogP contribution in [0.1, 0.15) is 18.9 Å². The van der Waals surface area contributed by atoms with Crippen molar-refractivity contribution < 1.29 is 18.3 Å². The van der Waals surface area contributed by atoms with E-state index in [4.69, 9.17) is 5.11 Å². The smallest absolute Gasteiger partial charge is 0.328 e. The van der Waals surface area contributed by atoms with Crippen LogP contribution in [0.5, 0.6) is 0 Å². The maximum Gasteiger partial charge on any atom is 0.328 e. The molecule has 0 amide bonds. The summed E-state index contributed by atoms with van der Waals surface area (Å²) in [6.45, 7) is 1.68. The highest BCUT2D eigenvalue weighted by Crippen LogP contribution is 2.22. The average molecular weight is 268 g/mol. The number of nitrogens with one attached hydrogen (secondary N) is 1. The molecular weight excluding hydrogens is 256 g/mol. The summed E-state index contributed by atoms with van der Waals surface area (Å²) < 4.78 is 25.8. The Labute approximate surface area is 104 Å². The maximum absolute atomic E-state index is 11.8. The van der Waals surface area contributed by atoms with Crippen molar-refractivity contribution in [3.05, 3.63) is 29.8 Å². The van der Waals surface area contributed by atoms with Crippen molar-refractivity contribution in [3.63, 3.8) is 0 Å². The molecule has 1 heterocycles. The molecule has 7 heteroatoms. The zero-order valence-corrected chi connectivity index (χ0v) is 10.4. The first kappa shape index (κ1) is 12.6. The second-order valence-electron chi connectivity index (χ2n) is 3.84. The van der Waals surface area contributed by atoms with E-state index in [0.29, 0.717) is 12.0 Å². The van der Waals surface area contributed by atoms with Gasteiger partial charge in [-0.25, -0.2) is 13.2 Å². The Morgan fingerprint density at radius 1 is 1.44 bits per heavy atom. The number of aliphatic carboxylic acids is 1. The monoisotopic (exact) mass is 268 g/mol. The molecule has 0 saturated heterocycles. The summed E-state index contributed by atoms with van der Waals surface area (Å²) in [5, 5.41) is 8.93. The molecule has 96 valence electrons. The van der Waals surface area contributed by atoms with Crippen LogP contribution in [0.15, 0.2) is 34.2 Å². The number of carboxylic acid groups (broad SMARTS) is 1. The lowest BCUT2D eigenvalue weighted by atomic mass is 10.2. The van der Waals surface area contributed by atoms with E-state index in [2.05, 4.69) is 9.71 Å². The lowest BCUT2D eigenvalue weighted by Crippen LogP contribution is -2.26. The maximum atomic E-state index is 11.8. The molecule has 1 atom stereocenters. The molecule has 0 bridgehead atoms. The molecule has 0 aliphatic carbocycles. The van der Waals surface area contributed by atoms with Crippen molar-refractivity contribution >= 4 is 21.8 Å². The van der Waals surface area contributed by atoms with E-state index in [-0.39, 0.29) is 10.7 Å². The third-order valence-electron chi connectivity index (χ3n) is 2.62. The molecule has 1 aromatic carbocycles. The van der Waals surface area contributed by atoms with Crippen molar-refractivity contribution in [2.75, 3.05) is 0 Å². The third kappa shape index (κ3) is 2.08. The van der Waals surface area contributed by atoms with Crippen LogP contribution in [-0.2, 0) is 14.8 Å². The van der Waals surface area contributed by atoms with E-state index >= 15 is 0 Å². The van der Waals surface area contributed by atoms with Gasteiger partial charge in [-0.05, 0) is 18.6 Å². The van der Waals surface area contributed by atoms with E-state index in [1.807, 2.05) is 0 Å². The second-order valence-corrected chi connectivity index (χ2v) is 5.49. The minimum Gasteiger partial charge on any atom is -0.480 e. The first-order valence-corrected chi connectivity index (χ1v) is 6.87. The molecular formula is C11H12N2O4S. The number of amidine groups is 1. The Balaban J connectivity index is 2.51. The number of hydrogen-bond acceptors (Lipinski definition) is 4. The molecule has 0 fully saturated rings. The number of sulfonamides is 1. The number of carbonyl (C=O) groups is 1. The molecule has 2 rings (SSSR count). The van der Waals surface area contributed by atoms with Crippen LogP contribution in [0.25, 0.3) is 0 Å². The summed E-state index contributed by atoms with van der Waals surface area (Å²) in [5.74, 6) is -0.978. The summed E-state index contributed by atoms with van der Waals surface area (Å²) in [5.41, 5.74) is 0.414. The number of aliphatic imine (C=N–C) groups is 1. The first-order valence-electron chi connectivity index (χ1n) is 5.38. The summed E-state index contributed by atoms with van der Waals surface area (Å²) in [6, 6.07) is 5.39. The summed E-state index contributed by atoms with van der Waals surface area (Å²) >= 11 is 0. The topological polar surface area (TPSA) is 95.8 Å². The highest BCUT2D eigenvalue weighted by molar-refractivity contribution is 7.90. The Bertz CT molecular complexity index is 622. The first-order chi connectivity index (χ1) is 8.45. The molecule has 18 heavy (non-hydrogen) atoms. The van der Waals surface area contributed by atoms with Gasteiger partial charge >= 0.3 is 5.97 Å². The molecule has 1 unspecified atom stereocenters. The van der Waals surface area contributed by atoms with Gasteiger partial charge in [-0.2, -0.15) is 0 Å². The fourth-order valence-electron chi connectivity index (χ4n) is 1.71. The lowest BCUT2D eigenvalue weighted by molar-refractivity contribution is -0.138. The minimum atomic E-state index is -3.61. The van der Waals surface area contributed by atoms with Gasteiger partial charge in [0, 0.05) is 5.56 Å². The SMILES string of the molecule is CCC(N=C1NS(=O)(=O)c2ccccc21)C(=O)O. The van der Waals surface area contributed by atoms with E-state index < -0.39 is 22.0 Å². The Morgan fingerprint density at radius 2 is 2.11 bits per heavy atom. The predicted octanol–water partition coefficient (Wildman–Crippen LogP) is 0.588. The third-order valence-corrected chi connectivity index (χ3v) is 4.02. The summed E-state index contributed by atoms with van der Waals surface area (Å²) in [6.07, 6.45) is 0.294. The summed E-state index contributed by atoms with van der Waals surface area (Å²) in [4.78, 5) is 15.0. The quantitative estimate of drug-likeness (QED) is 0.838. The van der Waals surface area contributed by atoms with Crippen molar-refractivity contribution in [1.29, 1.82) is 0 Å². The predicted molar refractivity (Wildman–Crippen MR) is 65.0 cm³/mol. The number of fused-ring (bicyclic) bond motifs is 1. The minimum absolute atomic E-state index is 0.0971. The molecule has 6 nitrogen and oxygen atoms in total. The number of rotatable bonds is 3. The zero-order valence-electron chi connectivity index (χ0n) is 9.62. The van der Waals surface area contributed by atoms with Crippen molar-refractivity contribution in [3.8, 4) is 0 Å². The van der Waals surface area contributed by atoms with E-state index in [0.717, 1.165) is 0 Å². The zero-order chi connectivity index (χ0) is 13.3. The fraction of sp³-hybridized carbons (Fsp3) is 0.273. The molecule has 1 aliphatic heterocycles. The van der Waals surface area contributed by atoms with Crippen LogP contribution in [-0.4, -0.2) is 31.4 Å². The van der Waals surface area contributed by atoms with Gasteiger partial charge in [0.2, 0.25) is 0 Å². The molecule has 0 aromatic heterocycles. The van der Waals surface area contributed by atoms with Gasteiger partial charge in [0.05, 0.1) is 4.90 Å². The van der Waals surface area contributed by atoms with Crippen LogP contribution in [0, 0.1) is 0 Å². The molecule has 0 radical (unpaired) electrons. The van der Waals surface area contributed by atoms with Gasteiger partial charge in [0.1, 0.15) is 11.9 Å². The van der Waals surface area contributed by atoms with Gasteiger partial charge in [0.25, 0.3) is 10.0 Å². The van der Waals surface area contributed by atoms with Gasteiger partial charge in [-0.15, -0.1) is 0 Å². The van der Waals surface area contributed by atoms with Crippen LogP contribution in [0.2, 0.25) is 0 Å². The fourth-order valence-corrected chi connectivity index (χ4v) is 2.95. The van der Waals surface area contributed by atoms with Gasteiger partial charge in [-0.1, -0.05) is 19.1 Å². The largest absolute Gasteiger partial charge is 0.480 e. The van der Waals surface area contributed by atoms with Gasteiger partial charge in [0.15, 0.2) is 0 Å². The van der Waals surface area contributed by atoms with Crippen LogP contribution in [0.3, 0.4) is 0 Å². The van der Waals surface area contributed by atoms with E-state index in [1.165, 1.54) is 6.07 Å². The molecule has 0 saturated carbocycles. The summed E-state index contributed by atoms with van der Waals surface area (Å²) in [7, 11) is -3.61. The number of hydrogen-bond donors (Lipinski definition) is 2. The van der Waals surface area contributed by atoms with Gasteiger partial charge < -0.3 is 5.11 Å². The Kier molecular flexibility index (Phi) is 3.08. The highest BCUT2D eigenvalue weighted by atomic mass is 32.2. The molecule has 1 aromatic rings. The highest BCUT2D eigenvalue weighted by Gasteiger charge is 2.31. The lowest BCUT2D eigenvalue weighted by Gasteiger charge is -2.05. The Hall–Kier alpha value is -1.89. The molecule has 0 spiro atoms. The van der Waals surface area contributed by atoms with E-state index in [9.17, 15) is 13.2 Å². The van der Waals surface area contributed by atoms with Crippen molar-refractivity contribution in [1.82, 2.24) is 4.72 Å². The second kappa shape index (κ2) is 4.41. The average Bonchev–Trinajstić information content (AvgIpc) is 2.58. The van der Waals surface area contributed by atoms with Gasteiger partial charge in [-0.3, -0.25) is 9.71 Å². The molecule has 1 aliphatic rings.